The third-order valence-corrected chi connectivity index (χ3v) is 3.42. The van der Waals surface area contributed by atoms with Crippen molar-refractivity contribution in [1.82, 2.24) is 19.9 Å². The van der Waals surface area contributed by atoms with Crippen molar-refractivity contribution in [2.45, 2.75) is 25.4 Å². The Balaban J connectivity index is 1.76. The Kier molecular flexibility index (Phi) is 3.28. The second kappa shape index (κ2) is 5.23. The van der Waals surface area contributed by atoms with Crippen molar-refractivity contribution in [1.29, 1.82) is 0 Å². The van der Waals surface area contributed by atoms with Crippen molar-refractivity contribution >= 4 is 0 Å². The minimum Gasteiger partial charge on any atom is -0.290 e. The Morgan fingerprint density at radius 1 is 1.11 bits per heavy atom. The van der Waals surface area contributed by atoms with Gasteiger partial charge in [-0.15, -0.1) is 0 Å². The minimum atomic E-state index is 0.409. The van der Waals surface area contributed by atoms with Gasteiger partial charge in [0, 0.05) is 37.5 Å². The Bertz CT molecular complexity index is 486. The largest absolute Gasteiger partial charge is 0.290 e. The second-order valence-corrected chi connectivity index (χ2v) is 4.61. The van der Waals surface area contributed by atoms with Gasteiger partial charge in [0.25, 0.3) is 0 Å². The van der Waals surface area contributed by atoms with Crippen LogP contribution in [0, 0.1) is 0 Å². The molecular formula is C14H16N4. The molecule has 4 nitrogen and oxygen atoms in total. The van der Waals surface area contributed by atoms with E-state index in [0.717, 1.165) is 18.8 Å². The van der Waals surface area contributed by atoms with E-state index in [0.29, 0.717) is 6.04 Å². The molecule has 0 amide bonds. The Morgan fingerprint density at radius 3 is 2.78 bits per heavy atom. The lowest BCUT2D eigenvalue weighted by Crippen LogP contribution is -2.23. The first-order valence-corrected chi connectivity index (χ1v) is 6.32. The fourth-order valence-electron chi connectivity index (χ4n) is 2.56. The van der Waals surface area contributed by atoms with Crippen molar-refractivity contribution in [2.75, 3.05) is 6.54 Å². The lowest BCUT2D eigenvalue weighted by atomic mass is 10.1. The van der Waals surface area contributed by atoms with Crippen molar-refractivity contribution in [3.8, 4) is 0 Å². The van der Waals surface area contributed by atoms with E-state index < -0.39 is 0 Å². The lowest BCUT2D eigenvalue weighted by molar-refractivity contribution is 0.244. The van der Waals surface area contributed by atoms with Crippen LogP contribution in [0.15, 0.2) is 43.1 Å². The van der Waals surface area contributed by atoms with Crippen LogP contribution in [0.2, 0.25) is 0 Å². The zero-order valence-electron chi connectivity index (χ0n) is 10.2. The molecule has 1 fully saturated rings. The molecule has 3 heterocycles. The van der Waals surface area contributed by atoms with Crippen LogP contribution in [0.4, 0.5) is 0 Å². The van der Waals surface area contributed by atoms with E-state index in [-0.39, 0.29) is 0 Å². The monoisotopic (exact) mass is 240 g/mol. The maximum Gasteiger partial charge on any atom is 0.0758 e. The fraction of sp³-hybridized carbons (Fsp3) is 0.357. The summed E-state index contributed by atoms with van der Waals surface area (Å²) in [6, 6.07) is 4.56. The molecule has 0 radical (unpaired) electrons. The summed E-state index contributed by atoms with van der Waals surface area (Å²) in [6.07, 6.45) is 11.5. The molecule has 4 heteroatoms. The van der Waals surface area contributed by atoms with Gasteiger partial charge < -0.3 is 0 Å². The van der Waals surface area contributed by atoms with E-state index >= 15 is 0 Å². The van der Waals surface area contributed by atoms with E-state index in [9.17, 15) is 0 Å². The average Bonchev–Trinajstić information content (AvgIpc) is 2.89. The molecule has 1 unspecified atom stereocenters. The van der Waals surface area contributed by atoms with E-state index in [2.05, 4.69) is 32.0 Å². The molecule has 1 atom stereocenters. The van der Waals surface area contributed by atoms with Gasteiger partial charge in [0.15, 0.2) is 0 Å². The third kappa shape index (κ3) is 2.38. The summed E-state index contributed by atoms with van der Waals surface area (Å²) in [6.45, 7) is 2.09. The van der Waals surface area contributed by atoms with Crippen molar-refractivity contribution in [3.05, 3.63) is 54.4 Å². The van der Waals surface area contributed by atoms with Gasteiger partial charge in [-0.25, -0.2) is 0 Å². The van der Waals surface area contributed by atoms with Gasteiger partial charge in [0.2, 0.25) is 0 Å². The predicted octanol–water partition coefficient (Wildman–Crippen LogP) is 2.21. The first-order chi connectivity index (χ1) is 8.93. The van der Waals surface area contributed by atoms with Gasteiger partial charge in [-0.1, -0.05) is 0 Å². The van der Waals surface area contributed by atoms with Gasteiger partial charge in [-0.2, -0.15) is 0 Å². The average molecular weight is 240 g/mol. The quantitative estimate of drug-likeness (QED) is 0.825. The number of aromatic nitrogens is 3. The van der Waals surface area contributed by atoms with Gasteiger partial charge in [-0.3, -0.25) is 19.9 Å². The summed E-state index contributed by atoms with van der Waals surface area (Å²) in [7, 11) is 0. The van der Waals surface area contributed by atoms with Gasteiger partial charge in [0.1, 0.15) is 0 Å². The first-order valence-electron chi connectivity index (χ1n) is 6.32. The van der Waals surface area contributed by atoms with E-state index in [4.69, 9.17) is 0 Å². The van der Waals surface area contributed by atoms with Crippen LogP contribution in [-0.2, 0) is 6.54 Å². The summed E-state index contributed by atoms with van der Waals surface area (Å²) in [4.78, 5) is 15.1. The molecule has 0 spiro atoms. The molecule has 0 aliphatic carbocycles. The van der Waals surface area contributed by atoms with Gasteiger partial charge in [0.05, 0.1) is 11.7 Å². The number of nitrogens with zero attached hydrogens (tertiary/aromatic N) is 4. The number of pyridine rings is 1. The zero-order valence-corrected chi connectivity index (χ0v) is 10.2. The Hall–Kier alpha value is -1.81. The molecule has 0 bridgehead atoms. The van der Waals surface area contributed by atoms with E-state index in [1.165, 1.54) is 18.4 Å². The Labute approximate surface area is 107 Å². The molecule has 2 aromatic heterocycles. The highest BCUT2D eigenvalue weighted by Gasteiger charge is 2.26. The third-order valence-electron chi connectivity index (χ3n) is 3.42. The number of likely N-dealkylation sites (tertiary alicyclic amines) is 1. The van der Waals surface area contributed by atoms with Crippen LogP contribution in [0.5, 0.6) is 0 Å². The van der Waals surface area contributed by atoms with Crippen LogP contribution in [-0.4, -0.2) is 26.4 Å². The SMILES string of the molecule is c1cc(CN2CCCC2c2cnccn2)ccn1. The van der Waals surface area contributed by atoms with E-state index in [1.54, 1.807) is 12.4 Å². The van der Waals surface area contributed by atoms with Crippen molar-refractivity contribution < 1.29 is 0 Å². The summed E-state index contributed by atoms with van der Waals surface area (Å²) in [5.41, 5.74) is 2.39. The lowest BCUT2D eigenvalue weighted by Gasteiger charge is -2.23. The summed E-state index contributed by atoms with van der Waals surface area (Å²) in [5.74, 6) is 0. The van der Waals surface area contributed by atoms with Crippen molar-refractivity contribution in [3.63, 3.8) is 0 Å². The molecule has 18 heavy (non-hydrogen) atoms. The zero-order chi connectivity index (χ0) is 12.2. The molecular weight excluding hydrogens is 224 g/mol. The molecule has 1 saturated heterocycles. The van der Waals surface area contributed by atoms with Crippen LogP contribution in [0.3, 0.4) is 0 Å². The number of hydrogen-bond donors (Lipinski definition) is 0. The smallest absolute Gasteiger partial charge is 0.0758 e. The summed E-state index contributed by atoms with van der Waals surface area (Å²) < 4.78 is 0. The fourth-order valence-corrected chi connectivity index (χ4v) is 2.56. The standard InChI is InChI=1S/C14H16N4/c1-2-14(13-10-16-7-8-17-13)18(9-1)11-12-3-5-15-6-4-12/h3-8,10,14H,1-2,9,11H2. The van der Waals surface area contributed by atoms with Crippen LogP contribution < -0.4 is 0 Å². The summed E-state index contributed by atoms with van der Waals surface area (Å²) in [5, 5.41) is 0. The van der Waals surface area contributed by atoms with E-state index in [1.807, 2.05) is 18.6 Å². The predicted molar refractivity (Wildman–Crippen MR) is 68.7 cm³/mol. The Morgan fingerprint density at radius 2 is 2.00 bits per heavy atom. The number of rotatable bonds is 3. The highest BCUT2D eigenvalue weighted by Crippen LogP contribution is 2.31. The van der Waals surface area contributed by atoms with Crippen molar-refractivity contribution in [2.24, 2.45) is 0 Å². The second-order valence-electron chi connectivity index (χ2n) is 4.61. The molecule has 92 valence electrons. The van der Waals surface area contributed by atoms with Crippen LogP contribution >= 0.6 is 0 Å². The van der Waals surface area contributed by atoms with Gasteiger partial charge in [-0.05, 0) is 37.1 Å². The molecule has 1 aliphatic heterocycles. The minimum absolute atomic E-state index is 0.409. The first kappa shape index (κ1) is 11.3. The molecule has 3 rings (SSSR count). The van der Waals surface area contributed by atoms with Crippen LogP contribution in [0.1, 0.15) is 30.1 Å². The molecule has 2 aromatic rings. The molecule has 0 saturated carbocycles. The molecule has 0 N–H and O–H groups in total. The highest BCUT2D eigenvalue weighted by molar-refractivity contribution is 5.12. The molecule has 0 aromatic carbocycles. The molecule has 1 aliphatic rings. The highest BCUT2D eigenvalue weighted by atomic mass is 15.2. The normalized spacial score (nSPS) is 20.1. The maximum atomic E-state index is 4.44. The summed E-state index contributed by atoms with van der Waals surface area (Å²) >= 11 is 0. The topological polar surface area (TPSA) is 41.9 Å². The number of hydrogen-bond acceptors (Lipinski definition) is 4. The van der Waals surface area contributed by atoms with Crippen LogP contribution in [0.25, 0.3) is 0 Å². The maximum absolute atomic E-state index is 4.44. The van der Waals surface area contributed by atoms with Gasteiger partial charge >= 0.3 is 0 Å².